The van der Waals surface area contributed by atoms with Crippen LogP contribution in [0.25, 0.3) is 10.9 Å². The van der Waals surface area contributed by atoms with Gasteiger partial charge < -0.3 is 15.0 Å². The molecule has 2 heterocycles. The van der Waals surface area contributed by atoms with Crippen molar-refractivity contribution in [1.29, 1.82) is 0 Å². The Hall–Kier alpha value is -1.99. The Bertz CT molecular complexity index is 865. The lowest BCUT2D eigenvalue weighted by Crippen LogP contribution is -2.33. The molecule has 24 heavy (non-hydrogen) atoms. The van der Waals surface area contributed by atoms with Crippen LogP contribution in [-0.2, 0) is 11.3 Å². The third-order valence-electron chi connectivity index (χ3n) is 4.37. The number of aromatic amines is 1. The average molecular weight is 347 g/mol. The fourth-order valence-electron chi connectivity index (χ4n) is 2.99. The van der Waals surface area contributed by atoms with Crippen LogP contribution in [0.3, 0.4) is 0 Å². The molecule has 0 spiro atoms. The first kappa shape index (κ1) is 16.9. The molecule has 2 N–H and O–H groups in total. The Balaban J connectivity index is 1.81. The van der Waals surface area contributed by atoms with E-state index in [1.54, 1.807) is 18.2 Å². The van der Waals surface area contributed by atoms with Gasteiger partial charge in [-0.25, -0.2) is 0 Å². The average Bonchev–Trinajstić information content (AvgIpc) is 2.60. The number of carbonyl (C=O) groups excluding carboxylic acids is 1. The van der Waals surface area contributed by atoms with Gasteiger partial charge in [0.15, 0.2) is 4.77 Å². The second-order valence-corrected chi connectivity index (χ2v) is 6.42. The lowest BCUT2D eigenvalue weighted by atomic mass is 10.0. The molecule has 1 fully saturated rings. The van der Waals surface area contributed by atoms with Gasteiger partial charge in [-0.3, -0.25) is 14.2 Å². The van der Waals surface area contributed by atoms with Crippen LogP contribution in [0.2, 0.25) is 0 Å². The van der Waals surface area contributed by atoms with E-state index in [1.807, 2.05) is 6.92 Å². The van der Waals surface area contributed by atoms with Crippen molar-refractivity contribution in [2.75, 3.05) is 19.8 Å². The van der Waals surface area contributed by atoms with Gasteiger partial charge in [-0.1, -0.05) is 0 Å². The number of aromatic nitrogens is 2. The van der Waals surface area contributed by atoms with Gasteiger partial charge in [0.25, 0.3) is 11.5 Å². The Morgan fingerprint density at radius 3 is 3.04 bits per heavy atom. The normalized spacial score (nSPS) is 17.8. The van der Waals surface area contributed by atoms with Crippen LogP contribution in [-0.4, -0.2) is 35.2 Å². The first-order chi connectivity index (χ1) is 11.6. The maximum Gasteiger partial charge on any atom is 0.262 e. The summed E-state index contributed by atoms with van der Waals surface area (Å²) in [5, 5.41) is 3.47. The van der Waals surface area contributed by atoms with E-state index >= 15 is 0 Å². The van der Waals surface area contributed by atoms with Crippen molar-refractivity contribution >= 4 is 29.0 Å². The topological polar surface area (TPSA) is 76.1 Å². The summed E-state index contributed by atoms with van der Waals surface area (Å²) < 4.78 is 7.29. The molecule has 7 heteroatoms. The third-order valence-corrected chi connectivity index (χ3v) is 4.69. The summed E-state index contributed by atoms with van der Waals surface area (Å²) in [6, 6.07) is 5.03. The molecule has 1 aliphatic heterocycles. The Morgan fingerprint density at radius 2 is 2.33 bits per heavy atom. The van der Waals surface area contributed by atoms with E-state index in [4.69, 9.17) is 17.0 Å². The van der Waals surface area contributed by atoms with Gasteiger partial charge in [0, 0.05) is 25.3 Å². The lowest BCUT2D eigenvalue weighted by molar-refractivity contribution is 0.0536. The molecule has 0 saturated carbocycles. The number of H-pyrrole nitrogens is 1. The molecule has 1 saturated heterocycles. The van der Waals surface area contributed by atoms with Crippen molar-refractivity contribution in [3.63, 3.8) is 0 Å². The molecule has 3 rings (SSSR count). The maximum absolute atomic E-state index is 12.4. The highest BCUT2D eigenvalue weighted by molar-refractivity contribution is 7.71. The minimum atomic E-state index is -0.151. The number of hydrogen-bond acceptors (Lipinski definition) is 4. The van der Waals surface area contributed by atoms with E-state index in [-0.39, 0.29) is 11.5 Å². The summed E-state index contributed by atoms with van der Waals surface area (Å²) in [6.07, 6.45) is 2.11. The molecular weight excluding hydrogens is 326 g/mol. The Labute approximate surface area is 144 Å². The van der Waals surface area contributed by atoms with Crippen molar-refractivity contribution in [1.82, 2.24) is 14.9 Å². The van der Waals surface area contributed by atoms with Crippen LogP contribution in [0.4, 0.5) is 0 Å². The largest absolute Gasteiger partial charge is 0.381 e. The molecule has 128 valence electrons. The zero-order chi connectivity index (χ0) is 17.1. The smallest absolute Gasteiger partial charge is 0.262 e. The predicted octanol–water partition coefficient (Wildman–Crippen LogP) is 2.24. The highest BCUT2D eigenvalue weighted by atomic mass is 32.1. The zero-order valence-corrected chi connectivity index (χ0v) is 14.4. The number of carbonyl (C=O) groups is 1. The minimum Gasteiger partial charge on any atom is -0.381 e. The summed E-state index contributed by atoms with van der Waals surface area (Å²) in [7, 11) is 0. The number of ether oxygens (including phenoxy) is 1. The molecule has 1 atom stereocenters. The van der Waals surface area contributed by atoms with Gasteiger partial charge >= 0.3 is 0 Å². The first-order valence-corrected chi connectivity index (χ1v) is 8.63. The van der Waals surface area contributed by atoms with Gasteiger partial charge in [0.2, 0.25) is 0 Å². The third kappa shape index (κ3) is 3.42. The zero-order valence-electron chi connectivity index (χ0n) is 13.6. The van der Waals surface area contributed by atoms with Gasteiger partial charge in [-0.05, 0) is 56.1 Å². The molecule has 0 aliphatic carbocycles. The summed E-state index contributed by atoms with van der Waals surface area (Å²) in [4.78, 5) is 27.7. The fraction of sp³-hybridized carbons (Fsp3) is 0.471. The van der Waals surface area contributed by atoms with Crippen LogP contribution < -0.4 is 10.9 Å². The molecule has 6 nitrogen and oxygen atoms in total. The van der Waals surface area contributed by atoms with E-state index in [0.29, 0.717) is 46.9 Å². The SMILES string of the molecule is CCn1c(=S)[nH]c2cc(C(=O)NCC3CCCOC3)ccc2c1=O. The molecular formula is C17H21N3O3S. The van der Waals surface area contributed by atoms with E-state index in [1.165, 1.54) is 4.57 Å². The number of rotatable bonds is 4. The number of benzene rings is 1. The quantitative estimate of drug-likeness (QED) is 0.832. The number of amides is 1. The molecule has 0 bridgehead atoms. The summed E-state index contributed by atoms with van der Waals surface area (Å²) in [5.74, 6) is 0.215. The second-order valence-electron chi connectivity index (χ2n) is 6.03. The Kier molecular flexibility index (Phi) is 5.11. The van der Waals surface area contributed by atoms with E-state index in [9.17, 15) is 9.59 Å². The molecule has 1 aliphatic rings. The predicted molar refractivity (Wildman–Crippen MR) is 94.9 cm³/mol. The fourth-order valence-corrected chi connectivity index (χ4v) is 3.31. The van der Waals surface area contributed by atoms with Crippen molar-refractivity contribution in [2.24, 2.45) is 5.92 Å². The number of fused-ring (bicyclic) bond motifs is 1. The van der Waals surface area contributed by atoms with Gasteiger partial charge in [0.1, 0.15) is 0 Å². The van der Waals surface area contributed by atoms with Crippen molar-refractivity contribution in [3.05, 3.63) is 38.9 Å². The molecule has 1 amide bonds. The molecule has 1 aromatic heterocycles. The summed E-state index contributed by atoms with van der Waals surface area (Å²) in [6.45, 7) is 4.49. The molecule has 2 aromatic rings. The Morgan fingerprint density at radius 1 is 1.50 bits per heavy atom. The summed E-state index contributed by atoms with van der Waals surface area (Å²) >= 11 is 5.20. The van der Waals surface area contributed by atoms with Crippen molar-refractivity contribution in [3.8, 4) is 0 Å². The minimum absolute atomic E-state index is 0.137. The standard InChI is InChI=1S/C17H21N3O3S/c1-2-20-16(22)13-6-5-12(8-14(13)19-17(20)24)15(21)18-9-11-4-3-7-23-10-11/h5-6,8,11H,2-4,7,9-10H2,1H3,(H,18,21)(H,19,24). The number of hydrogen-bond donors (Lipinski definition) is 2. The van der Waals surface area contributed by atoms with Crippen LogP contribution >= 0.6 is 12.2 Å². The second kappa shape index (κ2) is 7.27. The van der Waals surface area contributed by atoms with Crippen molar-refractivity contribution in [2.45, 2.75) is 26.3 Å². The van der Waals surface area contributed by atoms with Crippen LogP contribution in [0.15, 0.2) is 23.0 Å². The summed E-state index contributed by atoms with van der Waals surface area (Å²) in [5.41, 5.74) is 0.962. The molecule has 1 aromatic carbocycles. The highest BCUT2D eigenvalue weighted by Crippen LogP contribution is 2.14. The van der Waals surface area contributed by atoms with E-state index in [2.05, 4.69) is 10.3 Å². The first-order valence-electron chi connectivity index (χ1n) is 8.23. The lowest BCUT2D eigenvalue weighted by Gasteiger charge is -2.22. The van der Waals surface area contributed by atoms with Gasteiger partial charge in [-0.2, -0.15) is 0 Å². The van der Waals surface area contributed by atoms with Crippen LogP contribution in [0, 0.1) is 10.7 Å². The highest BCUT2D eigenvalue weighted by Gasteiger charge is 2.16. The van der Waals surface area contributed by atoms with Gasteiger partial charge in [0.05, 0.1) is 17.5 Å². The monoisotopic (exact) mass is 347 g/mol. The number of nitrogens with one attached hydrogen (secondary N) is 2. The van der Waals surface area contributed by atoms with Crippen molar-refractivity contribution < 1.29 is 9.53 Å². The van der Waals surface area contributed by atoms with Gasteiger partial charge in [-0.15, -0.1) is 0 Å². The maximum atomic E-state index is 12.4. The van der Waals surface area contributed by atoms with E-state index < -0.39 is 0 Å². The van der Waals surface area contributed by atoms with Crippen LogP contribution in [0.1, 0.15) is 30.1 Å². The molecule has 0 radical (unpaired) electrons. The van der Waals surface area contributed by atoms with Crippen LogP contribution in [0.5, 0.6) is 0 Å². The molecule has 1 unspecified atom stereocenters. The number of nitrogens with zero attached hydrogens (tertiary/aromatic N) is 1. The van der Waals surface area contributed by atoms with E-state index in [0.717, 1.165) is 19.4 Å².